The minimum Gasteiger partial charge on any atom is -0.197 e. The normalized spacial score (nSPS) is 18.3. The van der Waals surface area contributed by atoms with Crippen molar-refractivity contribution in [3.05, 3.63) is 0 Å². The average Bonchev–Trinajstić information content (AvgIpc) is 1.94. The Labute approximate surface area is 72.9 Å². The summed E-state index contributed by atoms with van der Waals surface area (Å²) in [7, 11) is 0. The van der Waals surface area contributed by atoms with Crippen molar-refractivity contribution in [2.45, 2.75) is 52.9 Å². The summed E-state index contributed by atoms with van der Waals surface area (Å²) >= 11 is 0. The molecule has 0 aliphatic heterocycles. The zero-order valence-electron chi connectivity index (χ0n) is 7.61. The summed E-state index contributed by atoms with van der Waals surface area (Å²) in [6.45, 7) is 6.36. The van der Waals surface area contributed by atoms with E-state index in [1.165, 1.54) is 32.1 Å². The van der Waals surface area contributed by atoms with Gasteiger partial charge in [0, 0.05) is 0 Å². The monoisotopic (exact) mass is 162 g/mol. The molecule has 1 fully saturated rings. The molecule has 0 aromatic heterocycles. The largest absolute Gasteiger partial charge is 0.197 e. The Balaban J connectivity index is 0. The first-order valence-electron chi connectivity index (χ1n) is 4.39. The van der Waals surface area contributed by atoms with Gasteiger partial charge in [0.25, 0.3) is 0 Å². The summed E-state index contributed by atoms with van der Waals surface area (Å²) in [6, 6.07) is 0. The molecule has 1 heteroatoms. The molecule has 0 bridgehead atoms. The van der Waals surface area contributed by atoms with E-state index in [1.807, 2.05) is 13.8 Å². The van der Waals surface area contributed by atoms with Gasteiger partial charge in [-0.3, -0.25) is 0 Å². The van der Waals surface area contributed by atoms with E-state index < -0.39 is 0 Å². The molecule has 1 aliphatic carbocycles. The molecular weight excluding hydrogens is 140 g/mol. The maximum Gasteiger partial charge on any atom is -0.0443 e. The van der Waals surface area contributed by atoms with Gasteiger partial charge in [0.05, 0.1) is 0 Å². The van der Waals surface area contributed by atoms with Gasteiger partial charge < -0.3 is 0 Å². The highest BCUT2D eigenvalue weighted by molar-refractivity contribution is 7.59. The molecule has 10 heavy (non-hydrogen) atoms. The van der Waals surface area contributed by atoms with Crippen LogP contribution in [0.25, 0.3) is 0 Å². The zero-order valence-corrected chi connectivity index (χ0v) is 8.61. The van der Waals surface area contributed by atoms with Gasteiger partial charge in [0.1, 0.15) is 0 Å². The molecule has 0 unspecified atom stereocenters. The number of hydrogen-bond donors (Lipinski definition) is 0. The molecule has 0 aromatic rings. The molecule has 0 heterocycles. The van der Waals surface area contributed by atoms with Crippen LogP contribution in [0.1, 0.15) is 52.9 Å². The van der Waals surface area contributed by atoms with Gasteiger partial charge in [0.2, 0.25) is 0 Å². The Hall–Kier alpha value is 0.350. The SMILES string of the molecule is CC.CC1CCCCC1.S. The smallest absolute Gasteiger partial charge is 0.0443 e. The lowest BCUT2D eigenvalue weighted by atomic mass is 9.91. The maximum atomic E-state index is 2.36. The molecule has 1 saturated carbocycles. The van der Waals surface area contributed by atoms with Gasteiger partial charge in [-0.05, 0) is 5.92 Å². The lowest BCUT2D eigenvalue weighted by Crippen LogP contribution is -1.99. The van der Waals surface area contributed by atoms with Crippen molar-refractivity contribution in [3.8, 4) is 0 Å². The highest BCUT2D eigenvalue weighted by Gasteiger charge is 2.05. The molecule has 0 radical (unpaired) electrons. The molecular formula is C9H22S. The summed E-state index contributed by atoms with van der Waals surface area (Å²) in [4.78, 5) is 0. The highest BCUT2D eigenvalue weighted by atomic mass is 32.1. The predicted molar refractivity (Wildman–Crippen MR) is 54.0 cm³/mol. The molecule has 0 amide bonds. The first-order chi connectivity index (χ1) is 4.39. The second kappa shape index (κ2) is 9.35. The van der Waals surface area contributed by atoms with Crippen LogP contribution in [0.4, 0.5) is 0 Å². The Morgan fingerprint density at radius 3 is 1.50 bits per heavy atom. The van der Waals surface area contributed by atoms with Gasteiger partial charge in [-0.1, -0.05) is 52.9 Å². The van der Waals surface area contributed by atoms with Crippen molar-refractivity contribution in [2.75, 3.05) is 0 Å². The molecule has 0 N–H and O–H groups in total. The fraction of sp³-hybridized carbons (Fsp3) is 1.00. The molecule has 0 aromatic carbocycles. The average molecular weight is 162 g/mol. The minimum atomic E-state index is 0. The Morgan fingerprint density at radius 1 is 0.900 bits per heavy atom. The van der Waals surface area contributed by atoms with Crippen molar-refractivity contribution in [1.82, 2.24) is 0 Å². The van der Waals surface area contributed by atoms with Crippen molar-refractivity contribution < 1.29 is 0 Å². The Bertz CT molecular complexity index is 46.7. The van der Waals surface area contributed by atoms with E-state index in [2.05, 4.69) is 6.92 Å². The molecule has 0 spiro atoms. The fourth-order valence-corrected chi connectivity index (χ4v) is 1.31. The van der Waals surface area contributed by atoms with Crippen LogP contribution in [-0.4, -0.2) is 0 Å². The first-order valence-corrected chi connectivity index (χ1v) is 4.39. The molecule has 1 aliphatic rings. The lowest BCUT2D eigenvalue weighted by molar-refractivity contribution is 0.385. The van der Waals surface area contributed by atoms with Gasteiger partial charge in [-0.15, -0.1) is 0 Å². The van der Waals surface area contributed by atoms with Crippen LogP contribution in [0.3, 0.4) is 0 Å². The van der Waals surface area contributed by atoms with Crippen LogP contribution < -0.4 is 0 Å². The predicted octanol–water partition coefficient (Wildman–Crippen LogP) is 3.73. The second-order valence-electron chi connectivity index (χ2n) is 2.74. The molecule has 0 nitrogen and oxygen atoms in total. The third-order valence-corrected chi connectivity index (χ3v) is 1.89. The Kier molecular flexibility index (Phi) is 12.1. The highest BCUT2D eigenvalue weighted by Crippen LogP contribution is 2.21. The fourth-order valence-electron chi connectivity index (χ4n) is 1.31. The molecule has 64 valence electrons. The van der Waals surface area contributed by atoms with Gasteiger partial charge in [-0.2, -0.15) is 13.5 Å². The van der Waals surface area contributed by atoms with Crippen molar-refractivity contribution in [3.63, 3.8) is 0 Å². The summed E-state index contributed by atoms with van der Waals surface area (Å²) in [6.07, 6.45) is 7.44. The third-order valence-electron chi connectivity index (χ3n) is 1.89. The quantitative estimate of drug-likeness (QED) is 0.509. The van der Waals surface area contributed by atoms with Gasteiger partial charge >= 0.3 is 0 Å². The summed E-state index contributed by atoms with van der Waals surface area (Å²) < 4.78 is 0. The first kappa shape index (κ1) is 13.0. The van der Waals surface area contributed by atoms with E-state index in [0.29, 0.717) is 0 Å². The maximum absolute atomic E-state index is 2.36. The van der Waals surface area contributed by atoms with Gasteiger partial charge in [0.15, 0.2) is 0 Å². The van der Waals surface area contributed by atoms with E-state index in [1.54, 1.807) is 0 Å². The zero-order chi connectivity index (χ0) is 7.11. The number of hydrogen-bond acceptors (Lipinski definition) is 0. The van der Waals surface area contributed by atoms with Crippen LogP contribution in [0, 0.1) is 5.92 Å². The van der Waals surface area contributed by atoms with Crippen LogP contribution in [0.2, 0.25) is 0 Å². The minimum absolute atomic E-state index is 0. The third kappa shape index (κ3) is 6.47. The van der Waals surface area contributed by atoms with Crippen LogP contribution in [0.15, 0.2) is 0 Å². The molecule has 0 atom stereocenters. The topological polar surface area (TPSA) is 0 Å². The standard InChI is InChI=1S/C7H14.C2H6.H2S/c1-7-5-3-2-4-6-7;1-2;/h7H,2-6H2,1H3;1-2H3;1H2. The van der Waals surface area contributed by atoms with Crippen LogP contribution in [0.5, 0.6) is 0 Å². The van der Waals surface area contributed by atoms with Crippen molar-refractivity contribution in [1.29, 1.82) is 0 Å². The van der Waals surface area contributed by atoms with E-state index in [4.69, 9.17) is 0 Å². The van der Waals surface area contributed by atoms with Gasteiger partial charge in [-0.25, -0.2) is 0 Å². The number of rotatable bonds is 0. The lowest BCUT2D eigenvalue weighted by Gasteiger charge is -2.15. The van der Waals surface area contributed by atoms with E-state index in [-0.39, 0.29) is 13.5 Å². The van der Waals surface area contributed by atoms with Crippen LogP contribution >= 0.6 is 13.5 Å². The molecule has 0 saturated heterocycles. The Morgan fingerprint density at radius 2 is 1.30 bits per heavy atom. The summed E-state index contributed by atoms with van der Waals surface area (Å²) in [5.41, 5.74) is 0. The van der Waals surface area contributed by atoms with E-state index in [9.17, 15) is 0 Å². The summed E-state index contributed by atoms with van der Waals surface area (Å²) in [5, 5.41) is 0. The van der Waals surface area contributed by atoms with Crippen LogP contribution in [-0.2, 0) is 0 Å². The van der Waals surface area contributed by atoms with Crippen molar-refractivity contribution in [2.24, 2.45) is 5.92 Å². The van der Waals surface area contributed by atoms with E-state index in [0.717, 1.165) is 5.92 Å². The second-order valence-corrected chi connectivity index (χ2v) is 2.74. The summed E-state index contributed by atoms with van der Waals surface area (Å²) in [5.74, 6) is 1.04. The van der Waals surface area contributed by atoms with Crippen molar-refractivity contribution >= 4 is 13.5 Å². The molecule has 1 rings (SSSR count). The van der Waals surface area contributed by atoms with E-state index >= 15 is 0 Å².